The van der Waals surface area contributed by atoms with Gasteiger partial charge < -0.3 is 19.7 Å². The molecule has 2 amide bonds. The Morgan fingerprint density at radius 2 is 1.75 bits per heavy atom. The van der Waals surface area contributed by atoms with Crippen LogP contribution in [0, 0.1) is 11.3 Å². The van der Waals surface area contributed by atoms with Crippen molar-refractivity contribution < 1.29 is 19.1 Å². The van der Waals surface area contributed by atoms with E-state index in [0.29, 0.717) is 23.7 Å². The SMILES string of the molecule is N#CCCN(C(=O)CCC(=O)Nc1ccc2c(c1)OC1(CCCCC1)O2)c1ccccc1. The number of nitrogens with one attached hydrogen (secondary N) is 1. The molecule has 0 radical (unpaired) electrons. The van der Waals surface area contributed by atoms with E-state index in [9.17, 15) is 9.59 Å². The van der Waals surface area contributed by atoms with Gasteiger partial charge in [0.2, 0.25) is 11.8 Å². The molecule has 1 aliphatic carbocycles. The average Bonchev–Trinajstić information content (AvgIpc) is 3.15. The molecule has 2 aromatic rings. The van der Waals surface area contributed by atoms with Crippen LogP contribution >= 0.6 is 0 Å². The van der Waals surface area contributed by atoms with Crippen LogP contribution in [0.2, 0.25) is 0 Å². The number of fused-ring (bicyclic) bond motifs is 1. The normalized spacial score (nSPS) is 15.7. The maximum absolute atomic E-state index is 12.7. The third-order valence-corrected chi connectivity index (χ3v) is 5.82. The fraction of sp³-hybridized carbons (Fsp3) is 0.400. The molecule has 1 spiro atoms. The number of nitrogens with zero attached hydrogens (tertiary/aromatic N) is 2. The van der Waals surface area contributed by atoms with Gasteiger partial charge in [0.05, 0.1) is 12.5 Å². The second kappa shape index (κ2) is 9.73. The molecule has 0 aromatic heterocycles. The Bertz CT molecular complexity index is 1010. The van der Waals surface area contributed by atoms with Gasteiger partial charge >= 0.3 is 0 Å². The summed E-state index contributed by atoms with van der Waals surface area (Å²) in [6.45, 7) is 0.297. The van der Waals surface area contributed by atoms with Crippen LogP contribution in [-0.2, 0) is 9.59 Å². The van der Waals surface area contributed by atoms with E-state index in [-0.39, 0.29) is 31.1 Å². The Morgan fingerprint density at radius 3 is 2.50 bits per heavy atom. The van der Waals surface area contributed by atoms with Crippen molar-refractivity contribution >= 4 is 23.2 Å². The Balaban J connectivity index is 1.33. The lowest BCUT2D eigenvalue weighted by Gasteiger charge is -2.31. The number of carbonyl (C=O) groups excluding carboxylic acids is 2. The fourth-order valence-electron chi connectivity index (χ4n) is 4.21. The van der Waals surface area contributed by atoms with Crippen LogP contribution in [0.5, 0.6) is 11.5 Å². The summed E-state index contributed by atoms with van der Waals surface area (Å²) in [6, 6.07) is 16.6. The van der Waals surface area contributed by atoms with Crippen molar-refractivity contribution in [1.29, 1.82) is 5.26 Å². The predicted molar refractivity (Wildman–Crippen MR) is 120 cm³/mol. The molecular weight excluding hydrogens is 406 g/mol. The van der Waals surface area contributed by atoms with Gasteiger partial charge in [-0.2, -0.15) is 5.26 Å². The zero-order chi connectivity index (χ0) is 22.4. The maximum atomic E-state index is 12.7. The number of anilines is 2. The molecule has 1 aliphatic heterocycles. The van der Waals surface area contributed by atoms with Gasteiger partial charge in [-0.15, -0.1) is 0 Å². The standard InChI is InChI=1S/C25H27N3O4/c26-16-7-17-28(20-8-3-1-4-9-20)24(30)13-12-23(29)27-19-10-11-21-22(18-19)32-25(31-21)14-5-2-6-15-25/h1,3-4,8-11,18H,2,5-7,12-15,17H2,(H,27,29). The van der Waals surface area contributed by atoms with Crippen molar-refractivity contribution in [2.24, 2.45) is 0 Å². The second-order valence-corrected chi connectivity index (χ2v) is 8.17. The molecule has 7 heteroatoms. The van der Waals surface area contributed by atoms with E-state index in [1.807, 2.05) is 36.4 Å². The van der Waals surface area contributed by atoms with Crippen molar-refractivity contribution in [3.05, 3.63) is 48.5 Å². The van der Waals surface area contributed by atoms with Crippen LogP contribution in [0.25, 0.3) is 0 Å². The molecule has 32 heavy (non-hydrogen) atoms. The Hall–Kier alpha value is -3.53. The molecule has 2 aromatic carbocycles. The van der Waals surface area contributed by atoms with Crippen LogP contribution in [0.15, 0.2) is 48.5 Å². The number of rotatable bonds is 7. The third-order valence-electron chi connectivity index (χ3n) is 5.82. The molecular formula is C25H27N3O4. The van der Waals surface area contributed by atoms with Crippen LogP contribution in [0.3, 0.4) is 0 Å². The number of para-hydroxylation sites is 1. The average molecular weight is 434 g/mol. The molecule has 1 heterocycles. The van der Waals surface area contributed by atoms with Crippen LogP contribution in [0.4, 0.5) is 11.4 Å². The Kier molecular flexibility index (Phi) is 6.60. The molecule has 0 saturated heterocycles. The molecule has 2 aliphatic rings. The quantitative estimate of drug-likeness (QED) is 0.678. The molecule has 1 N–H and O–H groups in total. The van der Waals surface area contributed by atoms with Gasteiger partial charge in [-0.25, -0.2) is 0 Å². The second-order valence-electron chi connectivity index (χ2n) is 8.17. The maximum Gasteiger partial charge on any atom is 0.251 e. The minimum atomic E-state index is -0.556. The van der Waals surface area contributed by atoms with Gasteiger partial charge in [-0.05, 0) is 37.1 Å². The number of benzene rings is 2. The number of hydrogen-bond donors (Lipinski definition) is 1. The number of carbonyl (C=O) groups is 2. The fourth-order valence-corrected chi connectivity index (χ4v) is 4.21. The first kappa shape index (κ1) is 21.7. The van der Waals surface area contributed by atoms with Crippen LogP contribution < -0.4 is 19.7 Å². The molecule has 1 saturated carbocycles. The first-order chi connectivity index (χ1) is 15.6. The summed E-state index contributed by atoms with van der Waals surface area (Å²) in [5.41, 5.74) is 1.34. The van der Waals surface area contributed by atoms with Crippen molar-refractivity contribution in [3.63, 3.8) is 0 Å². The zero-order valence-electron chi connectivity index (χ0n) is 18.0. The number of amides is 2. The van der Waals surface area contributed by atoms with Crippen molar-refractivity contribution in [2.45, 2.75) is 57.2 Å². The molecule has 166 valence electrons. The van der Waals surface area contributed by atoms with Gasteiger partial charge in [0.15, 0.2) is 11.5 Å². The summed E-state index contributed by atoms with van der Waals surface area (Å²) in [6.07, 6.45) is 5.44. The van der Waals surface area contributed by atoms with Gasteiger partial charge in [0.25, 0.3) is 5.79 Å². The zero-order valence-corrected chi connectivity index (χ0v) is 18.0. The smallest absolute Gasteiger partial charge is 0.251 e. The third kappa shape index (κ3) is 5.02. The van der Waals surface area contributed by atoms with E-state index in [1.165, 1.54) is 6.42 Å². The van der Waals surface area contributed by atoms with Gasteiger partial charge in [0, 0.05) is 49.7 Å². The summed E-state index contributed by atoms with van der Waals surface area (Å²) < 4.78 is 12.2. The number of ether oxygens (including phenoxy) is 2. The predicted octanol–water partition coefficient (Wildman–Crippen LogP) is 4.78. The molecule has 4 rings (SSSR count). The topological polar surface area (TPSA) is 91.7 Å². The Labute approximate surface area is 187 Å². The van der Waals surface area contributed by atoms with Gasteiger partial charge in [-0.3, -0.25) is 9.59 Å². The summed E-state index contributed by atoms with van der Waals surface area (Å²) in [7, 11) is 0. The number of nitriles is 1. The highest BCUT2D eigenvalue weighted by molar-refractivity contribution is 5.98. The van der Waals surface area contributed by atoms with Crippen molar-refractivity contribution in [3.8, 4) is 17.6 Å². The van der Waals surface area contributed by atoms with E-state index >= 15 is 0 Å². The largest absolute Gasteiger partial charge is 0.448 e. The number of hydrogen-bond acceptors (Lipinski definition) is 5. The van der Waals surface area contributed by atoms with Crippen molar-refractivity contribution in [2.75, 3.05) is 16.8 Å². The van der Waals surface area contributed by atoms with Gasteiger partial charge in [0.1, 0.15) is 0 Å². The summed E-state index contributed by atoms with van der Waals surface area (Å²) in [5, 5.41) is 11.7. The summed E-state index contributed by atoms with van der Waals surface area (Å²) in [4.78, 5) is 26.8. The van der Waals surface area contributed by atoms with Gasteiger partial charge in [-0.1, -0.05) is 24.6 Å². The van der Waals surface area contributed by atoms with E-state index in [2.05, 4.69) is 11.4 Å². The van der Waals surface area contributed by atoms with Crippen molar-refractivity contribution in [1.82, 2.24) is 0 Å². The molecule has 0 unspecified atom stereocenters. The molecule has 7 nitrogen and oxygen atoms in total. The minimum Gasteiger partial charge on any atom is -0.448 e. The first-order valence-corrected chi connectivity index (χ1v) is 11.1. The molecule has 0 bridgehead atoms. The lowest BCUT2D eigenvalue weighted by molar-refractivity contribution is -0.122. The van der Waals surface area contributed by atoms with E-state index in [0.717, 1.165) is 31.4 Å². The highest BCUT2D eigenvalue weighted by atomic mass is 16.7. The summed E-state index contributed by atoms with van der Waals surface area (Å²) >= 11 is 0. The first-order valence-electron chi connectivity index (χ1n) is 11.1. The molecule has 1 fully saturated rings. The van der Waals surface area contributed by atoms with Crippen LogP contribution in [-0.4, -0.2) is 24.1 Å². The van der Waals surface area contributed by atoms with E-state index in [1.54, 1.807) is 17.0 Å². The van der Waals surface area contributed by atoms with Crippen LogP contribution in [0.1, 0.15) is 51.4 Å². The summed E-state index contributed by atoms with van der Waals surface area (Å²) in [5.74, 6) is 0.355. The highest BCUT2D eigenvalue weighted by Gasteiger charge is 2.42. The molecule has 0 atom stereocenters. The Morgan fingerprint density at radius 1 is 1.00 bits per heavy atom. The van der Waals surface area contributed by atoms with E-state index in [4.69, 9.17) is 14.7 Å². The highest BCUT2D eigenvalue weighted by Crippen LogP contribution is 2.46. The minimum absolute atomic E-state index is 0.0487. The lowest BCUT2D eigenvalue weighted by atomic mass is 9.94. The monoisotopic (exact) mass is 433 g/mol. The van der Waals surface area contributed by atoms with E-state index < -0.39 is 5.79 Å². The lowest BCUT2D eigenvalue weighted by Crippen LogP contribution is -2.40.